The summed E-state index contributed by atoms with van der Waals surface area (Å²) < 4.78 is 50.2. The Kier molecular flexibility index (Phi) is 15.1. The largest absolute Gasteiger partial charge is 0.478 e. The van der Waals surface area contributed by atoms with E-state index < -0.39 is 29.7 Å². The van der Waals surface area contributed by atoms with E-state index in [9.17, 15) is 38.2 Å². The SMILES string of the molecule is CC(Nc1ccc(F)c(Cl)c1)c1cc(C(=O)N(C)CCO)cc2c(=O)cc(N3CCOCC3)oc12.CC(Nc1ccc(F)c(Cl)c1)c1cc(C(=O)O)cc2c(=O)cc(N3CCOCC3)oc12. The van der Waals surface area contributed by atoms with Crippen molar-refractivity contribution in [2.24, 2.45) is 0 Å². The predicted molar refractivity (Wildman–Crippen MR) is 249 cm³/mol. The monoisotopic (exact) mass is 949 g/mol. The van der Waals surface area contributed by atoms with Crippen molar-refractivity contribution in [3.05, 3.63) is 137 Å². The molecule has 66 heavy (non-hydrogen) atoms. The Morgan fingerprint density at radius 1 is 0.697 bits per heavy atom. The van der Waals surface area contributed by atoms with Gasteiger partial charge in [-0.3, -0.25) is 14.4 Å². The maximum atomic E-state index is 13.6. The summed E-state index contributed by atoms with van der Waals surface area (Å²) in [5.74, 6) is -1.73. The van der Waals surface area contributed by atoms with E-state index in [4.69, 9.17) is 41.5 Å². The van der Waals surface area contributed by atoms with Crippen LogP contribution in [0.3, 0.4) is 0 Å². The third kappa shape index (κ3) is 10.9. The van der Waals surface area contributed by atoms with Gasteiger partial charge in [0.15, 0.2) is 22.6 Å². The number of morpholine rings is 2. The number of halogens is 4. The van der Waals surface area contributed by atoms with Crippen LogP contribution in [0.15, 0.2) is 91.2 Å². The van der Waals surface area contributed by atoms with Crippen LogP contribution in [-0.2, 0) is 9.47 Å². The van der Waals surface area contributed by atoms with Crippen molar-refractivity contribution in [1.29, 1.82) is 0 Å². The highest BCUT2D eigenvalue weighted by Gasteiger charge is 2.24. The molecule has 0 radical (unpaired) electrons. The van der Waals surface area contributed by atoms with Crippen molar-refractivity contribution in [3.63, 3.8) is 0 Å². The number of amides is 1. The number of carbonyl (C=O) groups excluding carboxylic acids is 1. The van der Waals surface area contributed by atoms with Gasteiger partial charge < -0.3 is 53.9 Å². The Morgan fingerprint density at radius 2 is 1.12 bits per heavy atom. The number of aliphatic hydroxyl groups is 1. The molecule has 2 aromatic heterocycles. The second-order valence-electron chi connectivity index (χ2n) is 15.7. The fourth-order valence-corrected chi connectivity index (χ4v) is 7.97. The van der Waals surface area contributed by atoms with Crippen LogP contribution in [0.5, 0.6) is 0 Å². The Bertz CT molecular complexity index is 2890. The summed E-state index contributed by atoms with van der Waals surface area (Å²) in [4.78, 5) is 55.9. The summed E-state index contributed by atoms with van der Waals surface area (Å²) in [7, 11) is 1.58. The summed E-state index contributed by atoms with van der Waals surface area (Å²) in [6.45, 7) is 8.06. The first-order valence-corrected chi connectivity index (χ1v) is 21.8. The third-order valence-electron chi connectivity index (χ3n) is 11.1. The molecule has 1 amide bonds. The molecule has 15 nitrogen and oxygen atoms in total. The lowest BCUT2D eigenvalue weighted by molar-refractivity contribution is 0.0696. The Hall–Kier alpha value is -6.24. The molecule has 4 heterocycles. The minimum atomic E-state index is -1.16. The topological polar surface area (TPSA) is 187 Å². The van der Waals surface area contributed by atoms with Crippen molar-refractivity contribution in [2.45, 2.75) is 25.9 Å². The number of nitrogens with zero attached hydrogens (tertiary/aromatic N) is 3. The summed E-state index contributed by atoms with van der Waals surface area (Å²) in [6, 6.07) is 16.4. The highest BCUT2D eigenvalue weighted by atomic mass is 35.5. The Balaban J connectivity index is 0.000000198. The van der Waals surface area contributed by atoms with Crippen molar-refractivity contribution < 1.29 is 46.9 Å². The number of rotatable bonds is 12. The fourth-order valence-electron chi connectivity index (χ4n) is 7.61. The molecule has 6 aromatic rings. The zero-order chi connectivity index (χ0) is 47.2. The van der Waals surface area contributed by atoms with E-state index in [0.29, 0.717) is 104 Å². The summed E-state index contributed by atoms with van der Waals surface area (Å²) >= 11 is 11.8. The number of likely N-dealkylation sites (N-methyl/N-ethyl adjacent to an activating group) is 1. The normalized spacial score (nSPS) is 14.9. The number of aromatic carboxylic acids is 1. The molecule has 2 unspecified atom stereocenters. The number of anilines is 4. The summed E-state index contributed by atoms with van der Waals surface area (Å²) in [6.07, 6.45) is 0. The third-order valence-corrected chi connectivity index (χ3v) is 11.7. The molecular formula is C47H47Cl2F2N5O10. The van der Waals surface area contributed by atoms with Gasteiger partial charge in [0, 0.05) is 80.0 Å². The van der Waals surface area contributed by atoms with Crippen molar-refractivity contribution in [2.75, 3.05) is 93.2 Å². The van der Waals surface area contributed by atoms with Gasteiger partial charge in [-0.1, -0.05) is 23.2 Å². The number of aliphatic hydroxyl groups excluding tert-OH is 1. The second kappa shape index (κ2) is 20.9. The number of benzene rings is 4. The van der Waals surface area contributed by atoms with Crippen LogP contribution in [-0.4, -0.2) is 99.8 Å². The number of carboxylic acid groups (broad SMARTS) is 1. The number of nitrogens with one attached hydrogen (secondary N) is 2. The quantitative estimate of drug-likeness (QED) is 0.0926. The lowest BCUT2D eigenvalue weighted by atomic mass is 9.99. The molecule has 0 bridgehead atoms. The van der Waals surface area contributed by atoms with Crippen LogP contribution in [0.25, 0.3) is 21.9 Å². The molecule has 0 saturated carbocycles. The molecule has 2 fully saturated rings. The van der Waals surface area contributed by atoms with Gasteiger partial charge in [0.05, 0.1) is 71.5 Å². The van der Waals surface area contributed by atoms with Gasteiger partial charge in [-0.15, -0.1) is 0 Å². The first-order valence-electron chi connectivity index (χ1n) is 21.0. The van der Waals surface area contributed by atoms with Gasteiger partial charge in [-0.2, -0.15) is 0 Å². The molecule has 2 aliphatic heterocycles. The van der Waals surface area contributed by atoms with E-state index >= 15 is 0 Å². The zero-order valence-corrected chi connectivity index (χ0v) is 37.7. The molecule has 4 N–H and O–H groups in total. The minimum Gasteiger partial charge on any atom is -0.478 e. The maximum Gasteiger partial charge on any atom is 0.335 e. The van der Waals surface area contributed by atoms with E-state index in [0.717, 1.165) is 0 Å². The molecule has 19 heteroatoms. The van der Waals surface area contributed by atoms with Gasteiger partial charge in [-0.05, 0) is 74.5 Å². The average Bonchev–Trinajstić information content (AvgIpc) is 3.31. The minimum absolute atomic E-state index is 0.0252. The molecule has 0 spiro atoms. The Labute approximate surface area is 387 Å². The van der Waals surface area contributed by atoms with Gasteiger partial charge in [-0.25, -0.2) is 13.6 Å². The van der Waals surface area contributed by atoms with E-state index in [-0.39, 0.29) is 56.3 Å². The van der Waals surface area contributed by atoms with Crippen molar-refractivity contribution in [1.82, 2.24) is 4.90 Å². The van der Waals surface area contributed by atoms with Crippen LogP contribution in [0.4, 0.5) is 31.9 Å². The van der Waals surface area contributed by atoms with Crippen LogP contribution in [0, 0.1) is 11.6 Å². The highest BCUT2D eigenvalue weighted by molar-refractivity contribution is 6.31. The van der Waals surface area contributed by atoms with Gasteiger partial charge >= 0.3 is 5.97 Å². The molecular weight excluding hydrogens is 903 g/mol. The lowest BCUT2D eigenvalue weighted by Gasteiger charge is -2.27. The first kappa shape index (κ1) is 47.7. The number of fused-ring (bicyclic) bond motifs is 2. The lowest BCUT2D eigenvalue weighted by Crippen LogP contribution is -2.36. The smallest absolute Gasteiger partial charge is 0.335 e. The number of carbonyl (C=O) groups is 2. The molecule has 4 aromatic carbocycles. The molecule has 2 saturated heterocycles. The number of carboxylic acids is 1. The maximum absolute atomic E-state index is 13.6. The van der Waals surface area contributed by atoms with Crippen LogP contribution in [0.1, 0.15) is 57.8 Å². The van der Waals surface area contributed by atoms with Crippen LogP contribution < -0.4 is 31.3 Å². The summed E-state index contributed by atoms with van der Waals surface area (Å²) in [5, 5.41) is 25.5. The van der Waals surface area contributed by atoms with E-state index in [2.05, 4.69) is 10.6 Å². The molecule has 2 atom stereocenters. The zero-order valence-electron chi connectivity index (χ0n) is 36.2. The van der Waals surface area contributed by atoms with Gasteiger partial charge in [0.25, 0.3) is 5.91 Å². The second-order valence-corrected chi connectivity index (χ2v) is 16.5. The molecule has 8 rings (SSSR count). The van der Waals surface area contributed by atoms with Gasteiger partial charge in [0.2, 0.25) is 0 Å². The molecule has 2 aliphatic rings. The summed E-state index contributed by atoms with van der Waals surface area (Å²) in [5.41, 5.74) is 2.49. The number of hydrogen-bond donors (Lipinski definition) is 4. The highest BCUT2D eigenvalue weighted by Crippen LogP contribution is 2.33. The van der Waals surface area contributed by atoms with E-state index in [1.54, 1.807) is 26.1 Å². The van der Waals surface area contributed by atoms with Gasteiger partial charge in [0.1, 0.15) is 22.8 Å². The first-order chi connectivity index (χ1) is 31.6. The predicted octanol–water partition coefficient (Wildman–Crippen LogP) is 7.95. The van der Waals surface area contributed by atoms with E-state index in [1.165, 1.54) is 65.6 Å². The van der Waals surface area contributed by atoms with E-state index in [1.807, 2.05) is 16.7 Å². The van der Waals surface area contributed by atoms with Crippen LogP contribution >= 0.6 is 23.2 Å². The fraction of sp³-hybridized carbons (Fsp3) is 0.319. The van der Waals surface area contributed by atoms with Crippen LogP contribution in [0.2, 0.25) is 10.0 Å². The van der Waals surface area contributed by atoms with Crippen molar-refractivity contribution >= 4 is 80.2 Å². The number of hydrogen-bond acceptors (Lipinski definition) is 13. The van der Waals surface area contributed by atoms with Crippen molar-refractivity contribution in [3.8, 4) is 0 Å². The molecule has 0 aliphatic carbocycles. The molecule has 348 valence electrons. The Morgan fingerprint density at radius 3 is 1.53 bits per heavy atom. The average molecular weight is 951 g/mol. The standard InChI is InChI=1S/C25H27ClFN3O5.C22H20ClFN2O5/c1-15(28-17-3-4-21(27)20(26)13-17)18-11-16(25(33)29(2)5-8-31)12-19-22(32)14-23(35-24(18)19)30-6-9-34-10-7-30;1-12(25-14-2-3-18(24)17(23)10-14)15-8-13(22(28)29)9-16-19(27)11-20(31-21(15)16)26-4-6-30-7-5-26/h3-4,11-15,28,31H,5-10H2,1-2H3;2-3,8-12,25H,4-7H2,1H3,(H,28,29). The number of ether oxygens (including phenoxy) is 2.